The minimum absolute atomic E-state index is 0.244. The molecular formula is C8H5BrF2. The first kappa shape index (κ1) is 8.40. The Hall–Kier alpha value is -0.700. The number of benzene rings is 1. The first-order valence-corrected chi connectivity index (χ1v) is 3.71. The van der Waals surface area contributed by atoms with Gasteiger partial charge in [0, 0.05) is 11.6 Å². The highest BCUT2D eigenvalue weighted by atomic mass is 79.9. The van der Waals surface area contributed by atoms with Crippen molar-refractivity contribution in [2.75, 3.05) is 0 Å². The van der Waals surface area contributed by atoms with Gasteiger partial charge in [-0.25, -0.2) is 8.78 Å². The van der Waals surface area contributed by atoms with Crippen molar-refractivity contribution in [1.82, 2.24) is 0 Å². The van der Waals surface area contributed by atoms with Crippen molar-refractivity contribution in [3.05, 3.63) is 40.4 Å². The SMILES string of the molecule is C=Cc1cc(Br)c(F)cc1F. The van der Waals surface area contributed by atoms with Crippen LogP contribution < -0.4 is 0 Å². The Balaban J connectivity index is 3.31. The monoisotopic (exact) mass is 218 g/mol. The second kappa shape index (κ2) is 3.13. The average Bonchev–Trinajstić information content (AvgIpc) is 1.97. The lowest BCUT2D eigenvalue weighted by Crippen LogP contribution is -1.85. The van der Waals surface area contributed by atoms with Crippen LogP contribution in [0.1, 0.15) is 5.56 Å². The summed E-state index contributed by atoms with van der Waals surface area (Å²) in [5, 5.41) is 0. The molecule has 58 valence electrons. The van der Waals surface area contributed by atoms with E-state index in [4.69, 9.17) is 0 Å². The summed E-state index contributed by atoms with van der Waals surface area (Å²) < 4.78 is 25.5. The summed E-state index contributed by atoms with van der Waals surface area (Å²) in [6, 6.07) is 2.17. The maximum absolute atomic E-state index is 12.7. The fourth-order valence-electron chi connectivity index (χ4n) is 0.694. The van der Waals surface area contributed by atoms with Crippen LogP contribution in [-0.4, -0.2) is 0 Å². The second-order valence-corrected chi connectivity index (χ2v) is 2.85. The van der Waals surface area contributed by atoms with E-state index in [9.17, 15) is 8.78 Å². The lowest BCUT2D eigenvalue weighted by atomic mass is 10.2. The Morgan fingerprint density at radius 3 is 2.45 bits per heavy atom. The largest absolute Gasteiger partial charge is 0.206 e. The first-order valence-electron chi connectivity index (χ1n) is 2.92. The molecule has 0 aliphatic rings. The Labute approximate surface area is 71.7 Å². The van der Waals surface area contributed by atoms with Crippen LogP contribution in [0.25, 0.3) is 6.08 Å². The molecule has 11 heavy (non-hydrogen) atoms. The second-order valence-electron chi connectivity index (χ2n) is 1.99. The molecule has 0 radical (unpaired) electrons. The summed E-state index contributed by atoms with van der Waals surface area (Å²) >= 11 is 2.93. The van der Waals surface area contributed by atoms with Gasteiger partial charge in [0.1, 0.15) is 11.6 Å². The lowest BCUT2D eigenvalue weighted by molar-refractivity contribution is 0.577. The molecule has 0 amide bonds. The highest BCUT2D eigenvalue weighted by Gasteiger charge is 2.04. The molecule has 0 aliphatic heterocycles. The Kier molecular flexibility index (Phi) is 2.39. The Morgan fingerprint density at radius 1 is 1.27 bits per heavy atom. The lowest BCUT2D eigenvalue weighted by Gasteiger charge is -1.98. The molecule has 0 aromatic heterocycles. The predicted molar refractivity (Wildman–Crippen MR) is 44.1 cm³/mol. The van der Waals surface area contributed by atoms with Crippen molar-refractivity contribution in [2.45, 2.75) is 0 Å². The molecule has 1 aromatic carbocycles. The van der Waals surface area contributed by atoms with Crippen LogP contribution in [0.5, 0.6) is 0 Å². The fraction of sp³-hybridized carbons (Fsp3) is 0. The third kappa shape index (κ3) is 1.66. The smallest absolute Gasteiger partial charge is 0.140 e. The van der Waals surface area contributed by atoms with E-state index in [1.54, 1.807) is 0 Å². The summed E-state index contributed by atoms with van der Waals surface area (Å²) in [5.41, 5.74) is 0.290. The van der Waals surface area contributed by atoms with E-state index >= 15 is 0 Å². The molecule has 3 heteroatoms. The van der Waals surface area contributed by atoms with Gasteiger partial charge in [-0.3, -0.25) is 0 Å². The van der Waals surface area contributed by atoms with E-state index in [1.807, 2.05) is 0 Å². The molecule has 0 aliphatic carbocycles. The minimum Gasteiger partial charge on any atom is -0.206 e. The molecule has 0 spiro atoms. The van der Waals surface area contributed by atoms with Crippen LogP contribution in [-0.2, 0) is 0 Å². The van der Waals surface area contributed by atoms with Crippen molar-refractivity contribution in [2.24, 2.45) is 0 Å². The van der Waals surface area contributed by atoms with Gasteiger partial charge in [0.2, 0.25) is 0 Å². The van der Waals surface area contributed by atoms with Gasteiger partial charge in [0.15, 0.2) is 0 Å². The van der Waals surface area contributed by atoms with E-state index in [2.05, 4.69) is 22.5 Å². The molecule has 1 aromatic rings. The maximum atomic E-state index is 12.7. The van der Waals surface area contributed by atoms with Crippen LogP contribution >= 0.6 is 15.9 Å². The van der Waals surface area contributed by atoms with E-state index < -0.39 is 11.6 Å². The molecule has 0 fully saturated rings. The predicted octanol–water partition coefficient (Wildman–Crippen LogP) is 3.37. The fourth-order valence-corrected chi connectivity index (χ4v) is 1.06. The van der Waals surface area contributed by atoms with Gasteiger partial charge < -0.3 is 0 Å². The summed E-state index contributed by atoms with van der Waals surface area (Å²) in [5.74, 6) is -1.20. The van der Waals surface area contributed by atoms with E-state index in [0.717, 1.165) is 6.07 Å². The summed E-state index contributed by atoms with van der Waals surface area (Å²) in [7, 11) is 0. The summed E-state index contributed by atoms with van der Waals surface area (Å²) in [6.45, 7) is 3.38. The standard InChI is InChI=1S/C8H5BrF2/c1-2-5-3-6(9)8(11)4-7(5)10/h2-4H,1H2. The number of hydrogen-bond acceptors (Lipinski definition) is 0. The van der Waals surface area contributed by atoms with Crippen molar-refractivity contribution < 1.29 is 8.78 Å². The van der Waals surface area contributed by atoms with Crippen LogP contribution in [0.3, 0.4) is 0 Å². The van der Waals surface area contributed by atoms with E-state index in [0.29, 0.717) is 5.56 Å². The van der Waals surface area contributed by atoms with Crippen LogP contribution in [0.15, 0.2) is 23.2 Å². The van der Waals surface area contributed by atoms with E-state index in [1.165, 1.54) is 12.1 Å². The van der Waals surface area contributed by atoms with Crippen molar-refractivity contribution in [3.8, 4) is 0 Å². The third-order valence-electron chi connectivity index (χ3n) is 1.26. The zero-order valence-electron chi connectivity index (χ0n) is 5.57. The third-order valence-corrected chi connectivity index (χ3v) is 1.87. The molecule has 0 nitrogen and oxygen atoms in total. The molecule has 0 bridgehead atoms. The van der Waals surface area contributed by atoms with Crippen LogP contribution in [0.2, 0.25) is 0 Å². The summed E-state index contributed by atoms with van der Waals surface area (Å²) in [4.78, 5) is 0. The molecule has 0 saturated carbocycles. The molecule has 0 atom stereocenters. The molecule has 0 unspecified atom stereocenters. The normalized spacial score (nSPS) is 9.73. The van der Waals surface area contributed by atoms with Gasteiger partial charge in [-0.1, -0.05) is 12.7 Å². The Morgan fingerprint density at radius 2 is 1.91 bits per heavy atom. The zero-order chi connectivity index (χ0) is 8.43. The highest BCUT2D eigenvalue weighted by molar-refractivity contribution is 9.10. The van der Waals surface area contributed by atoms with Gasteiger partial charge in [0.05, 0.1) is 4.47 Å². The molecule has 1 rings (SSSR count). The van der Waals surface area contributed by atoms with Crippen molar-refractivity contribution in [1.29, 1.82) is 0 Å². The molecular weight excluding hydrogens is 214 g/mol. The molecule has 0 saturated heterocycles. The minimum atomic E-state index is -0.604. The topological polar surface area (TPSA) is 0 Å². The average molecular weight is 219 g/mol. The number of hydrogen-bond donors (Lipinski definition) is 0. The molecule has 0 heterocycles. The maximum Gasteiger partial charge on any atom is 0.140 e. The first-order chi connectivity index (χ1) is 5.15. The van der Waals surface area contributed by atoms with Gasteiger partial charge in [-0.15, -0.1) is 0 Å². The summed E-state index contributed by atoms with van der Waals surface area (Å²) in [6.07, 6.45) is 1.33. The molecule has 0 N–H and O–H groups in total. The van der Waals surface area contributed by atoms with Gasteiger partial charge >= 0.3 is 0 Å². The van der Waals surface area contributed by atoms with Crippen LogP contribution in [0.4, 0.5) is 8.78 Å². The van der Waals surface area contributed by atoms with Crippen LogP contribution in [0, 0.1) is 11.6 Å². The van der Waals surface area contributed by atoms with Crippen molar-refractivity contribution in [3.63, 3.8) is 0 Å². The van der Waals surface area contributed by atoms with E-state index in [-0.39, 0.29) is 4.47 Å². The number of rotatable bonds is 1. The highest BCUT2D eigenvalue weighted by Crippen LogP contribution is 2.20. The quantitative estimate of drug-likeness (QED) is 0.635. The van der Waals surface area contributed by atoms with Gasteiger partial charge in [-0.05, 0) is 22.0 Å². The van der Waals surface area contributed by atoms with Gasteiger partial charge in [-0.2, -0.15) is 0 Å². The number of halogens is 3. The Bertz CT molecular complexity index is 294. The van der Waals surface area contributed by atoms with Gasteiger partial charge in [0.25, 0.3) is 0 Å². The van der Waals surface area contributed by atoms with Crippen molar-refractivity contribution >= 4 is 22.0 Å². The zero-order valence-corrected chi connectivity index (χ0v) is 7.16.